The standard InChI is InChI=1S/C9H15F3O2/c1-4-5-14-8(13)6(2)7(3)9(10,11)12/h6-7H,4-5H2,1-3H3. The van der Waals surface area contributed by atoms with Crippen LogP contribution in [-0.2, 0) is 9.53 Å². The fourth-order valence-corrected chi connectivity index (χ4v) is 0.822. The first kappa shape index (κ1) is 13.3. The summed E-state index contributed by atoms with van der Waals surface area (Å²) in [5, 5.41) is 0. The highest BCUT2D eigenvalue weighted by Crippen LogP contribution is 2.31. The third-order valence-electron chi connectivity index (χ3n) is 2.09. The molecule has 2 atom stereocenters. The minimum absolute atomic E-state index is 0.174. The third kappa shape index (κ3) is 3.98. The molecule has 0 N–H and O–H groups in total. The fourth-order valence-electron chi connectivity index (χ4n) is 0.822. The molecule has 0 saturated carbocycles. The minimum atomic E-state index is -4.34. The van der Waals surface area contributed by atoms with Crippen LogP contribution in [0.25, 0.3) is 0 Å². The molecule has 0 aromatic carbocycles. The second-order valence-electron chi connectivity index (χ2n) is 3.29. The van der Waals surface area contributed by atoms with E-state index in [0.29, 0.717) is 6.42 Å². The monoisotopic (exact) mass is 212 g/mol. The lowest BCUT2D eigenvalue weighted by Gasteiger charge is -2.20. The second kappa shape index (κ2) is 5.22. The number of rotatable bonds is 4. The Labute approximate surface area is 81.4 Å². The maximum Gasteiger partial charge on any atom is 0.392 e. The number of halogens is 3. The van der Waals surface area contributed by atoms with Crippen LogP contribution in [0.5, 0.6) is 0 Å². The Hall–Kier alpha value is -0.740. The summed E-state index contributed by atoms with van der Waals surface area (Å²) in [5.74, 6) is -3.58. The fraction of sp³-hybridized carbons (Fsp3) is 0.889. The topological polar surface area (TPSA) is 26.3 Å². The lowest BCUT2D eigenvalue weighted by atomic mass is 9.96. The van der Waals surface area contributed by atoms with Crippen molar-refractivity contribution in [2.75, 3.05) is 6.61 Å². The maximum absolute atomic E-state index is 12.2. The van der Waals surface area contributed by atoms with Crippen molar-refractivity contribution in [2.24, 2.45) is 11.8 Å². The summed E-state index contributed by atoms with van der Waals surface area (Å²) >= 11 is 0. The Balaban J connectivity index is 4.18. The van der Waals surface area contributed by atoms with Gasteiger partial charge in [-0.15, -0.1) is 0 Å². The average molecular weight is 212 g/mol. The third-order valence-corrected chi connectivity index (χ3v) is 2.09. The van der Waals surface area contributed by atoms with Crippen LogP contribution in [0.4, 0.5) is 13.2 Å². The van der Waals surface area contributed by atoms with Gasteiger partial charge in [-0.25, -0.2) is 0 Å². The zero-order valence-electron chi connectivity index (χ0n) is 8.52. The molecule has 5 heteroatoms. The molecule has 0 aliphatic carbocycles. The van der Waals surface area contributed by atoms with Gasteiger partial charge in [-0.05, 0) is 6.42 Å². The van der Waals surface area contributed by atoms with Crippen LogP contribution in [0.2, 0.25) is 0 Å². The lowest BCUT2D eigenvalue weighted by Crippen LogP contribution is -2.32. The highest BCUT2D eigenvalue weighted by Gasteiger charge is 2.42. The summed E-state index contributed by atoms with van der Waals surface area (Å²) in [6, 6.07) is 0. The van der Waals surface area contributed by atoms with Crippen LogP contribution < -0.4 is 0 Å². The smallest absolute Gasteiger partial charge is 0.392 e. The average Bonchev–Trinajstić information content (AvgIpc) is 2.10. The van der Waals surface area contributed by atoms with Crippen molar-refractivity contribution < 1.29 is 22.7 Å². The molecule has 0 aliphatic rings. The molecule has 0 bridgehead atoms. The molecule has 2 nitrogen and oxygen atoms in total. The van der Waals surface area contributed by atoms with Crippen molar-refractivity contribution in [3.63, 3.8) is 0 Å². The summed E-state index contributed by atoms with van der Waals surface area (Å²) in [6.07, 6.45) is -3.73. The van der Waals surface area contributed by atoms with Gasteiger partial charge in [0.05, 0.1) is 18.4 Å². The molecule has 0 aromatic rings. The van der Waals surface area contributed by atoms with Crippen LogP contribution >= 0.6 is 0 Å². The van der Waals surface area contributed by atoms with Gasteiger partial charge in [0.2, 0.25) is 0 Å². The number of alkyl halides is 3. The number of ether oxygens (including phenoxy) is 1. The first-order chi connectivity index (χ1) is 6.30. The molecule has 0 saturated heterocycles. The number of carbonyl (C=O) groups is 1. The van der Waals surface area contributed by atoms with E-state index >= 15 is 0 Å². The van der Waals surface area contributed by atoms with E-state index in [0.717, 1.165) is 6.92 Å². The van der Waals surface area contributed by atoms with Gasteiger partial charge in [-0.2, -0.15) is 13.2 Å². The van der Waals surface area contributed by atoms with Crippen LogP contribution in [0.15, 0.2) is 0 Å². The Morgan fingerprint density at radius 3 is 2.21 bits per heavy atom. The molecule has 84 valence electrons. The van der Waals surface area contributed by atoms with Gasteiger partial charge in [0.1, 0.15) is 0 Å². The predicted molar refractivity (Wildman–Crippen MR) is 45.6 cm³/mol. The number of esters is 1. The summed E-state index contributed by atoms with van der Waals surface area (Å²) in [6.45, 7) is 4.17. The highest BCUT2D eigenvalue weighted by molar-refractivity contribution is 5.72. The molecule has 0 fully saturated rings. The van der Waals surface area contributed by atoms with E-state index in [1.54, 1.807) is 6.92 Å². The Morgan fingerprint density at radius 1 is 1.36 bits per heavy atom. The van der Waals surface area contributed by atoms with Gasteiger partial charge in [0.25, 0.3) is 0 Å². The Morgan fingerprint density at radius 2 is 1.86 bits per heavy atom. The van der Waals surface area contributed by atoms with E-state index in [9.17, 15) is 18.0 Å². The molecule has 0 heterocycles. The van der Waals surface area contributed by atoms with Gasteiger partial charge >= 0.3 is 12.1 Å². The number of hydrogen-bond acceptors (Lipinski definition) is 2. The van der Waals surface area contributed by atoms with Crippen LogP contribution in [0.1, 0.15) is 27.2 Å². The summed E-state index contributed by atoms with van der Waals surface area (Å²) < 4.78 is 41.2. The summed E-state index contributed by atoms with van der Waals surface area (Å²) in [7, 11) is 0. The van der Waals surface area contributed by atoms with Gasteiger partial charge in [-0.1, -0.05) is 20.8 Å². The van der Waals surface area contributed by atoms with E-state index in [2.05, 4.69) is 4.74 Å². The van der Waals surface area contributed by atoms with E-state index < -0.39 is 24.0 Å². The quantitative estimate of drug-likeness (QED) is 0.670. The first-order valence-electron chi connectivity index (χ1n) is 4.54. The van der Waals surface area contributed by atoms with Crippen molar-refractivity contribution in [1.29, 1.82) is 0 Å². The van der Waals surface area contributed by atoms with Gasteiger partial charge in [0.15, 0.2) is 0 Å². The van der Waals surface area contributed by atoms with E-state index in [1.807, 2.05) is 0 Å². The molecule has 14 heavy (non-hydrogen) atoms. The van der Waals surface area contributed by atoms with Crippen LogP contribution in [0, 0.1) is 11.8 Å². The molecule has 0 amide bonds. The van der Waals surface area contributed by atoms with Crippen molar-refractivity contribution in [1.82, 2.24) is 0 Å². The van der Waals surface area contributed by atoms with Crippen LogP contribution in [0.3, 0.4) is 0 Å². The van der Waals surface area contributed by atoms with Gasteiger partial charge in [0, 0.05) is 0 Å². The zero-order chi connectivity index (χ0) is 11.4. The molecule has 0 rings (SSSR count). The van der Waals surface area contributed by atoms with E-state index in [1.165, 1.54) is 6.92 Å². The van der Waals surface area contributed by atoms with Crippen molar-refractivity contribution in [3.05, 3.63) is 0 Å². The second-order valence-corrected chi connectivity index (χ2v) is 3.29. The van der Waals surface area contributed by atoms with Gasteiger partial charge < -0.3 is 4.74 Å². The van der Waals surface area contributed by atoms with Crippen molar-refractivity contribution >= 4 is 5.97 Å². The Kier molecular flexibility index (Phi) is 4.94. The zero-order valence-corrected chi connectivity index (χ0v) is 8.52. The molecule has 0 aliphatic heterocycles. The molecule has 0 aromatic heterocycles. The summed E-state index contributed by atoms with van der Waals surface area (Å²) in [5.41, 5.74) is 0. The highest BCUT2D eigenvalue weighted by atomic mass is 19.4. The van der Waals surface area contributed by atoms with Gasteiger partial charge in [-0.3, -0.25) is 4.79 Å². The van der Waals surface area contributed by atoms with E-state index in [-0.39, 0.29) is 6.61 Å². The number of carbonyl (C=O) groups excluding carboxylic acids is 1. The van der Waals surface area contributed by atoms with E-state index in [4.69, 9.17) is 0 Å². The molecule has 0 radical (unpaired) electrons. The minimum Gasteiger partial charge on any atom is -0.465 e. The van der Waals surface area contributed by atoms with Crippen molar-refractivity contribution in [3.8, 4) is 0 Å². The first-order valence-corrected chi connectivity index (χ1v) is 4.54. The Bertz CT molecular complexity index is 189. The largest absolute Gasteiger partial charge is 0.465 e. The maximum atomic E-state index is 12.2. The SMILES string of the molecule is CCCOC(=O)C(C)C(C)C(F)(F)F. The lowest BCUT2D eigenvalue weighted by molar-refractivity contribution is -0.192. The normalized spacial score (nSPS) is 16.1. The molecular formula is C9H15F3O2. The molecular weight excluding hydrogens is 197 g/mol. The van der Waals surface area contributed by atoms with Crippen LogP contribution in [-0.4, -0.2) is 18.8 Å². The molecule has 2 unspecified atom stereocenters. The number of hydrogen-bond donors (Lipinski definition) is 0. The molecule has 0 spiro atoms. The summed E-state index contributed by atoms with van der Waals surface area (Å²) in [4.78, 5) is 11.1. The predicted octanol–water partition coefficient (Wildman–Crippen LogP) is 2.77. The van der Waals surface area contributed by atoms with Crippen molar-refractivity contribution in [2.45, 2.75) is 33.4 Å².